The number of alkyl halides is 2. The monoisotopic (exact) mass is 396 g/mol. The van der Waals surface area contributed by atoms with E-state index in [2.05, 4.69) is 25.7 Å². The topological polar surface area (TPSA) is 56.8 Å². The van der Waals surface area contributed by atoms with Gasteiger partial charge in [-0.25, -0.2) is 4.99 Å². The molecule has 2 aromatic carbocycles. The molecule has 3 rings (SSSR count). The molecule has 2 N–H and O–H groups in total. The van der Waals surface area contributed by atoms with E-state index in [4.69, 9.17) is 10.5 Å². The number of benzene rings is 2. The molecule has 24 heavy (non-hydrogen) atoms. The van der Waals surface area contributed by atoms with E-state index in [0.717, 1.165) is 15.6 Å². The lowest BCUT2D eigenvalue weighted by atomic mass is 9.83. The second kappa shape index (κ2) is 6.39. The van der Waals surface area contributed by atoms with Crippen molar-refractivity contribution < 1.29 is 18.3 Å². The molecule has 0 spiro atoms. The highest BCUT2D eigenvalue weighted by atomic mass is 79.9. The second-order valence-corrected chi connectivity index (χ2v) is 6.38. The largest absolute Gasteiger partial charge is 0.462 e. The molecule has 0 saturated carbocycles. The van der Waals surface area contributed by atoms with Crippen molar-refractivity contribution in [3.05, 3.63) is 63.6 Å². The zero-order chi connectivity index (χ0) is 17.3. The van der Waals surface area contributed by atoms with Crippen LogP contribution in [0.15, 0.2) is 51.9 Å². The zero-order valence-corrected chi connectivity index (χ0v) is 14.4. The molecule has 1 aliphatic heterocycles. The number of rotatable bonds is 4. The first kappa shape index (κ1) is 16.7. The normalized spacial score (nSPS) is 20.0. The molecule has 7 heteroatoms. The zero-order valence-electron chi connectivity index (χ0n) is 12.8. The van der Waals surface area contributed by atoms with Crippen LogP contribution in [-0.4, -0.2) is 19.2 Å². The molecule has 0 unspecified atom stereocenters. The van der Waals surface area contributed by atoms with Gasteiger partial charge in [0.2, 0.25) is 0 Å². The number of aryl methyl sites for hydroxylation is 1. The first-order valence-corrected chi connectivity index (χ1v) is 8.00. The minimum absolute atomic E-state index is 0.0977. The fraction of sp³-hybridized carbons (Fsp3) is 0.235. The summed E-state index contributed by atoms with van der Waals surface area (Å²) in [6.45, 7) is -0.917. The first-order chi connectivity index (χ1) is 11.4. The SMILES string of the molecule is Cc1cc([C@@]2(c3cccc(Br)c3)COC(N)=N2)ccc1OC(F)F. The Balaban J connectivity index is 2.10. The Bertz CT molecular complexity index is 798. The van der Waals surface area contributed by atoms with E-state index >= 15 is 0 Å². The molecular formula is C17H15BrF2N2O2. The quantitative estimate of drug-likeness (QED) is 0.850. The fourth-order valence-electron chi connectivity index (χ4n) is 2.77. The van der Waals surface area contributed by atoms with Crippen LogP contribution in [0.5, 0.6) is 5.75 Å². The maximum absolute atomic E-state index is 12.5. The molecule has 1 atom stereocenters. The van der Waals surface area contributed by atoms with Gasteiger partial charge >= 0.3 is 6.61 Å². The van der Waals surface area contributed by atoms with Crippen LogP contribution in [0.3, 0.4) is 0 Å². The lowest BCUT2D eigenvalue weighted by Gasteiger charge is -2.26. The van der Waals surface area contributed by atoms with Gasteiger partial charge in [-0.2, -0.15) is 8.78 Å². The Morgan fingerprint density at radius 3 is 2.58 bits per heavy atom. The van der Waals surface area contributed by atoms with E-state index in [1.165, 1.54) is 6.07 Å². The lowest BCUT2D eigenvalue weighted by Crippen LogP contribution is -2.27. The molecule has 126 valence electrons. The van der Waals surface area contributed by atoms with Gasteiger partial charge in [-0.05, 0) is 47.9 Å². The van der Waals surface area contributed by atoms with Crippen molar-refractivity contribution in [1.29, 1.82) is 0 Å². The summed E-state index contributed by atoms with van der Waals surface area (Å²) in [5.74, 6) is 0.133. The van der Waals surface area contributed by atoms with Gasteiger partial charge in [-0.3, -0.25) is 0 Å². The van der Waals surface area contributed by atoms with E-state index in [-0.39, 0.29) is 18.4 Å². The van der Waals surface area contributed by atoms with Crippen molar-refractivity contribution in [2.24, 2.45) is 10.7 Å². The minimum atomic E-state index is -2.86. The highest BCUT2D eigenvalue weighted by molar-refractivity contribution is 9.10. The molecule has 1 heterocycles. The third kappa shape index (κ3) is 3.08. The van der Waals surface area contributed by atoms with Gasteiger partial charge in [-0.1, -0.05) is 34.1 Å². The number of aliphatic imine (C=N–C) groups is 1. The van der Waals surface area contributed by atoms with Gasteiger partial charge < -0.3 is 15.2 Å². The Morgan fingerprint density at radius 1 is 1.25 bits per heavy atom. The smallest absolute Gasteiger partial charge is 0.387 e. The van der Waals surface area contributed by atoms with Crippen LogP contribution in [0.25, 0.3) is 0 Å². The molecule has 2 aromatic rings. The van der Waals surface area contributed by atoms with E-state index in [1.54, 1.807) is 19.1 Å². The van der Waals surface area contributed by atoms with Gasteiger partial charge in [0.1, 0.15) is 12.4 Å². The van der Waals surface area contributed by atoms with Crippen LogP contribution in [0.2, 0.25) is 0 Å². The highest BCUT2D eigenvalue weighted by Gasteiger charge is 2.40. The van der Waals surface area contributed by atoms with Crippen LogP contribution in [0.4, 0.5) is 8.78 Å². The van der Waals surface area contributed by atoms with E-state index < -0.39 is 12.2 Å². The maximum Gasteiger partial charge on any atom is 0.387 e. The fourth-order valence-corrected chi connectivity index (χ4v) is 3.17. The number of nitrogens with zero attached hydrogens (tertiary/aromatic N) is 1. The number of amidine groups is 1. The van der Waals surface area contributed by atoms with Crippen molar-refractivity contribution in [2.45, 2.75) is 19.1 Å². The van der Waals surface area contributed by atoms with Gasteiger partial charge in [-0.15, -0.1) is 0 Å². The molecule has 0 radical (unpaired) electrons. The minimum Gasteiger partial charge on any atom is -0.462 e. The average Bonchev–Trinajstić information content (AvgIpc) is 2.92. The predicted octanol–water partition coefficient (Wildman–Crippen LogP) is 3.95. The number of halogens is 3. The van der Waals surface area contributed by atoms with Crippen molar-refractivity contribution in [3.8, 4) is 5.75 Å². The number of nitrogens with two attached hydrogens (primary N) is 1. The molecule has 0 amide bonds. The Kier molecular flexibility index (Phi) is 4.45. The van der Waals surface area contributed by atoms with Crippen molar-refractivity contribution in [3.63, 3.8) is 0 Å². The summed E-state index contributed by atoms with van der Waals surface area (Å²) in [6.07, 6.45) is 0. The predicted molar refractivity (Wildman–Crippen MR) is 90.3 cm³/mol. The number of ether oxygens (including phenoxy) is 2. The van der Waals surface area contributed by atoms with Crippen molar-refractivity contribution in [1.82, 2.24) is 0 Å². The first-order valence-electron chi connectivity index (χ1n) is 7.21. The van der Waals surface area contributed by atoms with Gasteiger partial charge in [0, 0.05) is 4.47 Å². The summed E-state index contributed by atoms with van der Waals surface area (Å²) >= 11 is 3.45. The molecule has 1 aliphatic rings. The maximum atomic E-state index is 12.5. The van der Waals surface area contributed by atoms with Crippen molar-refractivity contribution in [2.75, 3.05) is 6.61 Å². The summed E-state index contributed by atoms with van der Waals surface area (Å²) in [6, 6.07) is 12.7. The van der Waals surface area contributed by atoms with Crippen LogP contribution < -0.4 is 10.5 Å². The van der Waals surface area contributed by atoms with Crippen LogP contribution in [-0.2, 0) is 10.3 Å². The third-order valence-corrected chi connectivity index (χ3v) is 4.39. The summed E-state index contributed by atoms with van der Waals surface area (Å²) in [5.41, 5.74) is 7.20. The van der Waals surface area contributed by atoms with E-state index in [9.17, 15) is 8.78 Å². The third-order valence-electron chi connectivity index (χ3n) is 3.90. The second-order valence-electron chi connectivity index (χ2n) is 5.47. The van der Waals surface area contributed by atoms with Gasteiger partial charge in [0.05, 0.1) is 0 Å². The Morgan fingerprint density at radius 2 is 2.00 bits per heavy atom. The molecule has 0 saturated heterocycles. The molecule has 4 nitrogen and oxygen atoms in total. The van der Waals surface area contributed by atoms with Gasteiger partial charge in [0.25, 0.3) is 6.02 Å². The summed E-state index contributed by atoms with van der Waals surface area (Å²) in [4.78, 5) is 4.50. The highest BCUT2D eigenvalue weighted by Crippen LogP contribution is 2.39. The van der Waals surface area contributed by atoms with E-state index in [1.807, 2.05) is 24.3 Å². The lowest BCUT2D eigenvalue weighted by molar-refractivity contribution is -0.0503. The Hall–Kier alpha value is -2.15. The van der Waals surface area contributed by atoms with Crippen LogP contribution >= 0.6 is 15.9 Å². The van der Waals surface area contributed by atoms with Gasteiger partial charge in [0.15, 0.2) is 5.54 Å². The van der Waals surface area contributed by atoms with Crippen molar-refractivity contribution >= 4 is 22.0 Å². The summed E-state index contributed by atoms with van der Waals surface area (Å²) < 4.78 is 35.7. The molecule has 0 aliphatic carbocycles. The summed E-state index contributed by atoms with van der Waals surface area (Å²) in [5, 5.41) is 0. The standard InChI is InChI=1S/C17H15BrF2N2O2/c1-10-7-12(5-6-14(10)24-15(19)20)17(9-23-16(21)22-17)11-3-2-4-13(18)8-11/h2-8,15H,9H2,1H3,(H2,21,22)/t17-/m0/s1. The molecular weight excluding hydrogens is 382 g/mol. The molecule has 0 aromatic heterocycles. The molecule has 0 bridgehead atoms. The average molecular weight is 397 g/mol. The van der Waals surface area contributed by atoms with Crippen LogP contribution in [0, 0.1) is 6.92 Å². The molecule has 0 fully saturated rings. The number of hydrogen-bond donors (Lipinski definition) is 1. The van der Waals surface area contributed by atoms with Crippen LogP contribution in [0.1, 0.15) is 16.7 Å². The van der Waals surface area contributed by atoms with E-state index in [0.29, 0.717) is 5.56 Å². The Labute approximate surface area is 146 Å². The summed E-state index contributed by atoms with van der Waals surface area (Å²) in [7, 11) is 0. The number of hydrogen-bond acceptors (Lipinski definition) is 4.